The van der Waals surface area contributed by atoms with Crippen LogP contribution in [-0.2, 0) is 4.74 Å². The zero-order valence-electron chi connectivity index (χ0n) is 15.5. The van der Waals surface area contributed by atoms with Gasteiger partial charge in [-0.2, -0.15) is 5.26 Å². The van der Waals surface area contributed by atoms with Gasteiger partial charge in [-0.25, -0.2) is 14.8 Å². The van der Waals surface area contributed by atoms with E-state index in [0.29, 0.717) is 35.6 Å². The first-order valence-electron chi connectivity index (χ1n) is 8.66. The monoisotopic (exact) mass is 402 g/mol. The number of nitriles is 1. The Labute approximate surface area is 167 Å². The SMILES string of the molecule is COC(=O)c1cc(Cl)c(N2CCC(Oc3ccc(OC)nc3)CC2)nc1C#N. The van der Waals surface area contributed by atoms with Crippen molar-refractivity contribution in [1.29, 1.82) is 5.26 Å². The highest BCUT2D eigenvalue weighted by atomic mass is 35.5. The van der Waals surface area contributed by atoms with Crippen LogP contribution in [0.4, 0.5) is 5.82 Å². The summed E-state index contributed by atoms with van der Waals surface area (Å²) in [5, 5.41) is 9.61. The fraction of sp³-hybridized carbons (Fsp3) is 0.368. The third-order valence-corrected chi connectivity index (χ3v) is 4.71. The Morgan fingerprint density at radius 3 is 2.64 bits per heavy atom. The number of aromatic nitrogens is 2. The molecular formula is C19H19ClN4O4. The maximum absolute atomic E-state index is 11.8. The number of carbonyl (C=O) groups is 1. The second kappa shape index (κ2) is 8.76. The van der Waals surface area contributed by atoms with Crippen molar-refractivity contribution in [3.05, 3.63) is 40.7 Å². The van der Waals surface area contributed by atoms with E-state index in [-0.39, 0.29) is 17.4 Å². The van der Waals surface area contributed by atoms with Gasteiger partial charge in [-0.15, -0.1) is 0 Å². The summed E-state index contributed by atoms with van der Waals surface area (Å²) in [6.07, 6.45) is 3.18. The van der Waals surface area contributed by atoms with Gasteiger partial charge in [0.25, 0.3) is 0 Å². The average Bonchev–Trinajstić information content (AvgIpc) is 2.74. The van der Waals surface area contributed by atoms with Crippen molar-refractivity contribution in [3.8, 4) is 17.7 Å². The largest absolute Gasteiger partial charge is 0.489 e. The highest BCUT2D eigenvalue weighted by Gasteiger charge is 2.25. The molecule has 146 valence electrons. The Bertz CT molecular complexity index is 890. The molecule has 1 saturated heterocycles. The van der Waals surface area contributed by atoms with E-state index in [9.17, 15) is 10.1 Å². The molecule has 0 amide bonds. The number of hydrogen-bond acceptors (Lipinski definition) is 8. The van der Waals surface area contributed by atoms with Gasteiger partial charge >= 0.3 is 5.97 Å². The number of nitrogens with zero attached hydrogens (tertiary/aromatic N) is 4. The lowest BCUT2D eigenvalue weighted by Gasteiger charge is -2.33. The summed E-state index contributed by atoms with van der Waals surface area (Å²) >= 11 is 6.31. The van der Waals surface area contributed by atoms with Gasteiger partial charge in [-0.1, -0.05) is 11.6 Å². The molecule has 1 fully saturated rings. The van der Waals surface area contributed by atoms with Gasteiger partial charge in [-0.3, -0.25) is 0 Å². The Balaban J connectivity index is 1.67. The molecule has 0 aromatic carbocycles. The number of hydrogen-bond donors (Lipinski definition) is 0. The van der Waals surface area contributed by atoms with Gasteiger partial charge in [0.2, 0.25) is 5.88 Å². The maximum atomic E-state index is 11.8. The van der Waals surface area contributed by atoms with Gasteiger partial charge < -0.3 is 19.1 Å². The summed E-state index contributed by atoms with van der Waals surface area (Å²) in [5.74, 6) is 1.06. The van der Waals surface area contributed by atoms with E-state index in [2.05, 4.69) is 14.7 Å². The van der Waals surface area contributed by atoms with E-state index in [0.717, 1.165) is 12.8 Å². The van der Waals surface area contributed by atoms with Crippen molar-refractivity contribution in [2.24, 2.45) is 0 Å². The summed E-state index contributed by atoms with van der Waals surface area (Å²) in [7, 11) is 2.81. The Kier molecular flexibility index (Phi) is 6.16. The maximum Gasteiger partial charge on any atom is 0.340 e. The molecule has 0 spiro atoms. The number of halogens is 1. The standard InChI is InChI=1S/C19H19ClN4O4/c1-26-17-4-3-13(11-22-17)28-12-5-7-24(8-6-12)18-15(20)9-14(19(25)27-2)16(10-21)23-18/h3-4,9,11-12H,5-8H2,1-2H3. The number of ether oxygens (including phenoxy) is 3. The number of rotatable bonds is 5. The van der Waals surface area contributed by atoms with Crippen LogP contribution in [0, 0.1) is 11.3 Å². The van der Waals surface area contributed by atoms with Crippen LogP contribution in [0.15, 0.2) is 24.4 Å². The first-order valence-corrected chi connectivity index (χ1v) is 9.04. The minimum Gasteiger partial charge on any atom is -0.489 e. The summed E-state index contributed by atoms with van der Waals surface area (Å²) < 4.78 is 15.7. The van der Waals surface area contributed by atoms with E-state index in [1.54, 1.807) is 19.4 Å². The molecule has 1 aliphatic heterocycles. The zero-order chi connectivity index (χ0) is 20.1. The quantitative estimate of drug-likeness (QED) is 0.704. The lowest BCUT2D eigenvalue weighted by atomic mass is 10.1. The van der Waals surface area contributed by atoms with Gasteiger partial charge in [0.05, 0.1) is 31.0 Å². The van der Waals surface area contributed by atoms with Crippen LogP contribution in [0.2, 0.25) is 5.02 Å². The minimum atomic E-state index is -0.641. The lowest BCUT2D eigenvalue weighted by molar-refractivity contribution is 0.0600. The fourth-order valence-electron chi connectivity index (χ4n) is 2.99. The molecule has 0 atom stereocenters. The lowest BCUT2D eigenvalue weighted by Crippen LogP contribution is -2.39. The smallest absolute Gasteiger partial charge is 0.340 e. The van der Waals surface area contributed by atoms with Crippen molar-refractivity contribution in [2.75, 3.05) is 32.2 Å². The van der Waals surface area contributed by atoms with E-state index >= 15 is 0 Å². The van der Waals surface area contributed by atoms with E-state index in [1.165, 1.54) is 13.2 Å². The van der Waals surface area contributed by atoms with Gasteiger partial charge in [0.1, 0.15) is 23.7 Å². The summed E-state index contributed by atoms with van der Waals surface area (Å²) in [5.41, 5.74) is 0.0536. The number of anilines is 1. The number of piperidine rings is 1. The highest BCUT2D eigenvalue weighted by molar-refractivity contribution is 6.33. The molecule has 2 aromatic heterocycles. The Morgan fingerprint density at radius 2 is 2.07 bits per heavy atom. The predicted molar refractivity (Wildman–Crippen MR) is 102 cm³/mol. The van der Waals surface area contributed by atoms with Crippen molar-refractivity contribution in [2.45, 2.75) is 18.9 Å². The van der Waals surface area contributed by atoms with Gasteiger partial charge in [-0.05, 0) is 12.1 Å². The first kappa shape index (κ1) is 19.7. The molecule has 2 aromatic rings. The molecular weight excluding hydrogens is 384 g/mol. The number of methoxy groups -OCH3 is 2. The van der Waals surface area contributed by atoms with Crippen molar-refractivity contribution in [3.63, 3.8) is 0 Å². The Hall–Kier alpha value is -3.05. The zero-order valence-corrected chi connectivity index (χ0v) is 16.3. The summed E-state index contributed by atoms with van der Waals surface area (Å²) in [4.78, 5) is 22.2. The van der Waals surface area contributed by atoms with E-state index in [4.69, 9.17) is 21.1 Å². The molecule has 0 N–H and O–H groups in total. The van der Waals surface area contributed by atoms with Crippen LogP contribution >= 0.6 is 11.6 Å². The predicted octanol–water partition coefficient (Wildman–Crippen LogP) is 2.84. The molecule has 8 nitrogen and oxygen atoms in total. The van der Waals surface area contributed by atoms with Crippen molar-refractivity contribution in [1.82, 2.24) is 9.97 Å². The van der Waals surface area contributed by atoms with Crippen LogP contribution < -0.4 is 14.4 Å². The molecule has 0 radical (unpaired) electrons. The third kappa shape index (κ3) is 4.26. The number of pyridine rings is 2. The fourth-order valence-corrected chi connectivity index (χ4v) is 3.26. The topological polar surface area (TPSA) is 97.6 Å². The molecule has 3 rings (SSSR count). The van der Waals surface area contributed by atoms with Crippen LogP contribution in [0.5, 0.6) is 11.6 Å². The highest BCUT2D eigenvalue weighted by Crippen LogP contribution is 2.30. The van der Waals surface area contributed by atoms with Crippen molar-refractivity contribution >= 4 is 23.4 Å². The third-order valence-electron chi connectivity index (χ3n) is 4.43. The molecule has 0 saturated carbocycles. The number of esters is 1. The molecule has 0 unspecified atom stereocenters. The molecule has 28 heavy (non-hydrogen) atoms. The summed E-state index contributed by atoms with van der Waals surface area (Å²) in [6.45, 7) is 1.31. The van der Waals surface area contributed by atoms with Crippen LogP contribution in [0.25, 0.3) is 0 Å². The molecule has 3 heterocycles. The number of carbonyl (C=O) groups excluding carboxylic acids is 1. The van der Waals surface area contributed by atoms with Gasteiger partial charge in [0.15, 0.2) is 5.69 Å². The summed E-state index contributed by atoms with van der Waals surface area (Å²) in [6, 6.07) is 6.93. The van der Waals surface area contributed by atoms with Crippen molar-refractivity contribution < 1.29 is 19.0 Å². The van der Waals surface area contributed by atoms with Crippen LogP contribution in [0.3, 0.4) is 0 Å². The second-order valence-corrected chi connectivity index (χ2v) is 6.54. The average molecular weight is 403 g/mol. The van der Waals surface area contributed by atoms with E-state index in [1.807, 2.05) is 17.0 Å². The molecule has 0 bridgehead atoms. The molecule has 1 aliphatic rings. The van der Waals surface area contributed by atoms with Crippen LogP contribution in [0.1, 0.15) is 28.9 Å². The first-order chi connectivity index (χ1) is 13.5. The Morgan fingerprint density at radius 1 is 1.32 bits per heavy atom. The minimum absolute atomic E-state index is 0.00562. The normalized spacial score (nSPS) is 14.3. The molecule has 0 aliphatic carbocycles. The van der Waals surface area contributed by atoms with E-state index < -0.39 is 5.97 Å². The second-order valence-electron chi connectivity index (χ2n) is 6.13. The van der Waals surface area contributed by atoms with Crippen LogP contribution in [-0.4, -0.2) is 49.4 Å². The van der Waals surface area contributed by atoms with Gasteiger partial charge in [0, 0.05) is 32.0 Å². The molecule has 9 heteroatoms.